The van der Waals surface area contributed by atoms with Gasteiger partial charge in [-0.15, -0.1) is 0 Å². The minimum absolute atomic E-state index is 0.0325. The lowest BCUT2D eigenvalue weighted by Gasteiger charge is -2.24. The van der Waals surface area contributed by atoms with Gasteiger partial charge >= 0.3 is 5.97 Å². The third kappa shape index (κ3) is 3.84. The highest BCUT2D eigenvalue weighted by Gasteiger charge is 2.26. The highest BCUT2D eigenvalue weighted by molar-refractivity contribution is 5.69. The lowest BCUT2D eigenvalue weighted by atomic mass is 9.81. The monoisotopic (exact) mass is 212 g/mol. The average Bonchev–Trinajstić information content (AvgIpc) is 2.69. The number of hydrogen-bond acceptors (Lipinski definition) is 2. The van der Waals surface area contributed by atoms with Gasteiger partial charge in [0, 0.05) is 6.42 Å². The maximum Gasteiger partial charge on any atom is 0.306 e. The van der Waals surface area contributed by atoms with E-state index in [1.807, 2.05) is 6.92 Å². The first kappa shape index (κ1) is 12.5. The van der Waals surface area contributed by atoms with E-state index in [0.29, 0.717) is 24.9 Å². The van der Waals surface area contributed by atoms with E-state index in [9.17, 15) is 4.79 Å². The van der Waals surface area contributed by atoms with Crippen LogP contribution in [-0.4, -0.2) is 12.6 Å². The van der Waals surface area contributed by atoms with Crippen molar-refractivity contribution in [2.24, 2.45) is 17.8 Å². The fourth-order valence-corrected chi connectivity index (χ4v) is 2.62. The molecule has 1 aliphatic rings. The number of rotatable bonds is 5. The van der Waals surface area contributed by atoms with Crippen LogP contribution in [0.3, 0.4) is 0 Å². The summed E-state index contributed by atoms with van der Waals surface area (Å²) in [7, 11) is 0. The molecule has 2 atom stereocenters. The molecule has 88 valence electrons. The summed E-state index contributed by atoms with van der Waals surface area (Å²) in [4.78, 5) is 11.4. The highest BCUT2D eigenvalue weighted by Crippen LogP contribution is 2.35. The molecule has 15 heavy (non-hydrogen) atoms. The van der Waals surface area contributed by atoms with E-state index in [1.54, 1.807) is 0 Å². The number of esters is 1. The summed E-state index contributed by atoms with van der Waals surface area (Å²) in [5.74, 6) is 1.94. The molecule has 0 aromatic heterocycles. The van der Waals surface area contributed by atoms with E-state index in [-0.39, 0.29) is 5.97 Å². The topological polar surface area (TPSA) is 26.3 Å². The summed E-state index contributed by atoms with van der Waals surface area (Å²) in [6.45, 7) is 6.84. The maximum absolute atomic E-state index is 11.4. The van der Waals surface area contributed by atoms with Gasteiger partial charge in [0.15, 0.2) is 0 Å². The van der Waals surface area contributed by atoms with Crippen LogP contribution >= 0.6 is 0 Å². The molecule has 0 aromatic carbocycles. The van der Waals surface area contributed by atoms with Crippen LogP contribution < -0.4 is 0 Å². The quantitative estimate of drug-likeness (QED) is 0.653. The molecule has 2 heteroatoms. The number of carbonyl (C=O) groups is 1. The van der Waals surface area contributed by atoms with Crippen molar-refractivity contribution in [3.63, 3.8) is 0 Å². The molecule has 0 N–H and O–H groups in total. The second kappa shape index (κ2) is 6.14. The van der Waals surface area contributed by atoms with Crippen molar-refractivity contribution >= 4 is 5.97 Å². The number of carbonyl (C=O) groups excluding carboxylic acids is 1. The summed E-state index contributed by atoms with van der Waals surface area (Å²) < 4.78 is 4.99. The molecule has 0 aliphatic heterocycles. The van der Waals surface area contributed by atoms with Crippen LogP contribution in [-0.2, 0) is 9.53 Å². The molecule has 0 bridgehead atoms. The first-order valence-electron chi connectivity index (χ1n) is 6.30. The van der Waals surface area contributed by atoms with Crippen molar-refractivity contribution < 1.29 is 9.53 Å². The molecule has 1 fully saturated rings. The number of hydrogen-bond donors (Lipinski definition) is 0. The Morgan fingerprint density at radius 1 is 1.33 bits per heavy atom. The van der Waals surface area contributed by atoms with E-state index in [4.69, 9.17) is 4.74 Å². The Labute approximate surface area is 93.4 Å². The molecule has 0 radical (unpaired) electrons. The Kier molecular flexibility index (Phi) is 5.13. The van der Waals surface area contributed by atoms with Gasteiger partial charge in [-0.25, -0.2) is 0 Å². The molecule has 0 aromatic rings. The number of ether oxygens (including phenoxy) is 1. The third-order valence-corrected chi connectivity index (χ3v) is 3.83. The first-order chi connectivity index (χ1) is 7.15. The van der Waals surface area contributed by atoms with Gasteiger partial charge in [0.2, 0.25) is 0 Å². The lowest BCUT2D eigenvalue weighted by molar-refractivity contribution is -0.144. The van der Waals surface area contributed by atoms with E-state index < -0.39 is 0 Å². The minimum Gasteiger partial charge on any atom is -0.466 e. The molecule has 0 saturated heterocycles. The maximum atomic E-state index is 11.4. The zero-order valence-electron chi connectivity index (χ0n) is 10.3. The Bertz CT molecular complexity index is 195. The van der Waals surface area contributed by atoms with Crippen molar-refractivity contribution in [3.8, 4) is 0 Å². The molecule has 0 heterocycles. The second-order valence-electron chi connectivity index (χ2n) is 4.89. The van der Waals surface area contributed by atoms with E-state index in [0.717, 1.165) is 5.92 Å². The smallest absolute Gasteiger partial charge is 0.306 e. The minimum atomic E-state index is -0.0325. The van der Waals surface area contributed by atoms with Gasteiger partial charge in [-0.1, -0.05) is 39.5 Å². The Morgan fingerprint density at radius 3 is 2.47 bits per heavy atom. The van der Waals surface area contributed by atoms with Gasteiger partial charge in [-0.05, 0) is 24.7 Å². The van der Waals surface area contributed by atoms with Crippen LogP contribution in [0.2, 0.25) is 0 Å². The normalized spacial score (nSPS) is 21.3. The van der Waals surface area contributed by atoms with E-state index in [1.165, 1.54) is 25.7 Å². The predicted molar refractivity (Wildman–Crippen MR) is 61.5 cm³/mol. The molecule has 1 saturated carbocycles. The summed E-state index contributed by atoms with van der Waals surface area (Å²) >= 11 is 0. The zero-order chi connectivity index (χ0) is 11.3. The van der Waals surface area contributed by atoms with Gasteiger partial charge in [0.05, 0.1) is 6.61 Å². The van der Waals surface area contributed by atoms with Gasteiger partial charge in [-0.3, -0.25) is 4.79 Å². The van der Waals surface area contributed by atoms with E-state index in [2.05, 4.69) is 13.8 Å². The fourth-order valence-electron chi connectivity index (χ4n) is 2.62. The third-order valence-electron chi connectivity index (χ3n) is 3.83. The average molecular weight is 212 g/mol. The van der Waals surface area contributed by atoms with Crippen molar-refractivity contribution in [2.45, 2.75) is 52.9 Å². The van der Waals surface area contributed by atoms with Gasteiger partial charge in [-0.2, -0.15) is 0 Å². The largest absolute Gasteiger partial charge is 0.466 e. The molecule has 1 aliphatic carbocycles. The Balaban J connectivity index is 2.31. The second-order valence-corrected chi connectivity index (χ2v) is 4.89. The van der Waals surface area contributed by atoms with Crippen LogP contribution in [0.25, 0.3) is 0 Å². The van der Waals surface area contributed by atoms with Crippen molar-refractivity contribution in [1.29, 1.82) is 0 Å². The molecule has 0 spiro atoms. The van der Waals surface area contributed by atoms with Crippen molar-refractivity contribution in [1.82, 2.24) is 0 Å². The van der Waals surface area contributed by atoms with Crippen molar-refractivity contribution in [2.75, 3.05) is 6.61 Å². The van der Waals surface area contributed by atoms with Crippen LogP contribution in [0.15, 0.2) is 0 Å². The molecule has 1 unspecified atom stereocenters. The molecule has 1 rings (SSSR count). The van der Waals surface area contributed by atoms with Gasteiger partial charge in [0.25, 0.3) is 0 Å². The molecule has 0 amide bonds. The van der Waals surface area contributed by atoms with Crippen LogP contribution in [0.5, 0.6) is 0 Å². The summed E-state index contributed by atoms with van der Waals surface area (Å²) in [6, 6.07) is 0. The summed E-state index contributed by atoms with van der Waals surface area (Å²) in [5, 5.41) is 0. The fraction of sp³-hybridized carbons (Fsp3) is 0.923. The van der Waals surface area contributed by atoms with Crippen LogP contribution in [0.1, 0.15) is 52.9 Å². The lowest BCUT2D eigenvalue weighted by Crippen LogP contribution is -2.20. The first-order valence-corrected chi connectivity index (χ1v) is 6.30. The summed E-state index contributed by atoms with van der Waals surface area (Å²) in [6.07, 6.45) is 6.05. The zero-order valence-corrected chi connectivity index (χ0v) is 10.3. The predicted octanol–water partition coefficient (Wildman–Crippen LogP) is 3.40. The van der Waals surface area contributed by atoms with Crippen molar-refractivity contribution in [3.05, 3.63) is 0 Å². The standard InChI is InChI=1S/C13H24O2/c1-4-15-13(14)9-10(2)11(3)12-7-5-6-8-12/h10-12H,4-9H2,1-3H3/t10?,11-/m1/s1. The summed E-state index contributed by atoms with van der Waals surface area (Å²) in [5.41, 5.74) is 0. The Morgan fingerprint density at radius 2 is 1.93 bits per heavy atom. The highest BCUT2D eigenvalue weighted by atomic mass is 16.5. The SMILES string of the molecule is CCOC(=O)CC(C)[C@@H](C)C1CCCC1. The van der Waals surface area contributed by atoms with Gasteiger partial charge in [0.1, 0.15) is 0 Å². The Hall–Kier alpha value is -0.530. The molecular formula is C13H24O2. The van der Waals surface area contributed by atoms with Crippen LogP contribution in [0, 0.1) is 17.8 Å². The van der Waals surface area contributed by atoms with E-state index >= 15 is 0 Å². The molecular weight excluding hydrogens is 188 g/mol. The van der Waals surface area contributed by atoms with Crippen LogP contribution in [0.4, 0.5) is 0 Å². The van der Waals surface area contributed by atoms with Gasteiger partial charge < -0.3 is 4.74 Å². The molecule has 2 nitrogen and oxygen atoms in total.